The van der Waals surface area contributed by atoms with Crippen molar-refractivity contribution in [3.63, 3.8) is 0 Å². The van der Waals surface area contributed by atoms with E-state index in [1.54, 1.807) is 24.3 Å². The van der Waals surface area contributed by atoms with Gasteiger partial charge in [-0.2, -0.15) is 0 Å². The molecule has 5 nitrogen and oxygen atoms in total. The summed E-state index contributed by atoms with van der Waals surface area (Å²) in [5, 5.41) is 5.76. The fourth-order valence-corrected chi connectivity index (χ4v) is 2.90. The molecular formula is C24H22N2O3. The van der Waals surface area contributed by atoms with Crippen molar-refractivity contribution in [3.05, 3.63) is 90.0 Å². The lowest BCUT2D eigenvalue weighted by molar-refractivity contribution is -0.117. The summed E-state index contributed by atoms with van der Waals surface area (Å²) in [6.45, 7) is 0.439. The van der Waals surface area contributed by atoms with Crippen LogP contribution in [0.2, 0.25) is 0 Å². The minimum absolute atomic E-state index is 0.0433. The minimum atomic E-state index is -0.203. The molecule has 5 heteroatoms. The third-order valence-corrected chi connectivity index (χ3v) is 4.70. The lowest BCUT2D eigenvalue weighted by atomic mass is 10.1. The van der Waals surface area contributed by atoms with E-state index >= 15 is 0 Å². The molecule has 1 aliphatic rings. The molecule has 3 aromatic rings. The van der Waals surface area contributed by atoms with Crippen molar-refractivity contribution in [2.75, 3.05) is 10.6 Å². The van der Waals surface area contributed by atoms with Crippen molar-refractivity contribution in [2.45, 2.75) is 19.4 Å². The van der Waals surface area contributed by atoms with Crippen LogP contribution in [0.4, 0.5) is 11.4 Å². The number of amides is 2. The molecule has 1 saturated carbocycles. The van der Waals surface area contributed by atoms with Gasteiger partial charge < -0.3 is 15.4 Å². The summed E-state index contributed by atoms with van der Waals surface area (Å²) in [6, 6.07) is 24.1. The van der Waals surface area contributed by atoms with Gasteiger partial charge in [-0.05, 0) is 60.9 Å². The molecule has 1 aliphatic carbocycles. The molecule has 0 atom stereocenters. The Kier molecular flexibility index (Phi) is 5.56. The maximum atomic E-state index is 12.5. The van der Waals surface area contributed by atoms with Crippen LogP contribution < -0.4 is 15.4 Å². The van der Waals surface area contributed by atoms with E-state index in [4.69, 9.17) is 4.74 Å². The molecule has 3 aromatic carbocycles. The molecule has 0 heterocycles. The van der Waals surface area contributed by atoms with Gasteiger partial charge in [0.2, 0.25) is 5.91 Å². The molecule has 1 fully saturated rings. The molecule has 146 valence electrons. The molecule has 0 radical (unpaired) electrons. The van der Waals surface area contributed by atoms with Crippen molar-refractivity contribution in [1.82, 2.24) is 0 Å². The van der Waals surface area contributed by atoms with Gasteiger partial charge in [-0.3, -0.25) is 9.59 Å². The van der Waals surface area contributed by atoms with E-state index in [-0.39, 0.29) is 17.7 Å². The van der Waals surface area contributed by atoms with Gasteiger partial charge >= 0.3 is 0 Å². The first-order chi connectivity index (χ1) is 14.2. The molecular weight excluding hydrogens is 364 g/mol. The summed E-state index contributed by atoms with van der Waals surface area (Å²) in [5.74, 6) is 0.786. The number of ether oxygens (including phenoxy) is 1. The Hall–Kier alpha value is -3.60. The number of para-hydroxylation sites is 1. The van der Waals surface area contributed by atoms with Crippen LogP contribution in [-0.4, -0.2) is 11.8 Å². The highest BCUT2D eigenvalue weighted by molar-refractivity contribution is 6.04. The molecule has 0 spiro atoms. The van der Waals surface area contributed by atoms with E-state index in [2.05, 4.69) is 10.6 Å². The number of carbonyl (C=O) groups excluding carboxylic acids is 2. The fraction of sp³-hybridized carbons (Fsp3) is 0.167. The Morgan fingerprint density at radius 1 is 0.828 bits per heavy atom. The van der Waals surface area contributed by atoms with Crippen molar-refractivity contribution in [2.24, 2.45) is 5.92 Å². The third-order valence-electron chi connectivity index (χ3n) is 4.70. The van der Waals surface area contributed by atoms with Crippen molar-refractivity contribution in [1.29, 1.82) is 0 Å². The highest BCUT2D eigenvalue weighted by atomic mass is 16.5. The second-order valence-corrected chi connectivity index (χ2v) is 7.10. The summed E-state index contributed by atoms with van der Waals surface area (Å²) < 4.78 is 5.72. The van der Waals surface area contributed by atoms with E-state index in [1.807, 2.05) is 54.6 Å². The Morgan fingerprint density at radius 2 is 1.52 bits per heavy atom. The molecule has 0 aliphatic heterocycles. The monoisotopic (exact) mass is 386 g/mol. The van der Waals surface area contributed by atoms with Gasteiger partial charge in [0.15, 0.2) is 0 Å². The standard InChI is InChI=1S/C24H22N2O3/c27-23(25-20-5-4-6-21(15-20)26-24(28)19-13-14-19)18-11-9-17(10-12-18)16-29-22-7-2-1-3-8-22/h1-12,15,19H,13-14,16H2,(H,25,27)(H,26,28). The average molecular weight is 386 g/mol. The van der Waals surface area contributed by atoms with E-state index in [0.29, 0.717) is 23.5 Å². The number of hydrogen-bond donors (Lipinski definition) is 2. The summed E-state index contributed by atoms with van der Waals surface area (Å²) in [4.78, 5) is 24.4. The maximum absolute atomic E-state index is 12.5. The number of carbonyl (C=O) groups is 2. The van der Waals surface area contributed by atoms with Gasteiger partial charge in [-0.15, -0.1) is 0 Å². The van der Waals surface area contributed by atoms with Gasteiger partial charge in [0.05, 0.1) is 0 Å². The van der Waals surface area contributed by atoms with Crippen molar-refractivity contribution < 1.29 is 14.3 Å². The van der Waals surface area contributed by atoms with Crippen LogP contribution >= 0.6 is 0 Å². The smallest absolute Gasteiger partial charge is 0.255 e. The van der Waals surface area contributed by atoms with E-state index < -0.39 is 0 Å². The average Bonchev–Trinajstić information content (AvgIpc) is 3.59. The first-order valence-electron chi connectivity index (χ1n) is 9.66. The summed E-state index contributed by atoms with van der Waals surface area (Å²) >= 11 is 0. The lowest BCUT2D eigenvalue weighted by Gasteiger charge is -2.10. The molecule has 0 aromatic heterocycles. The van der Waals surface area contributed by atoms with Crippen LogP contribution in [0.15, 0.2) is 78.9 Å². The number of anilines is 2. The number of rotatable bonds is 7. The number of hydrogen-bond acceptors (Lipinski definition) is 3. The molecule has 0 bridgehead atoms. The van der Waals surface area contributed by atoms with Gasteiger partial charge in [0, 0.05) is 22.9 Å². The van der Waals surface area contributed by atoms with E-state index in [0.717, 1.165) is 24.2 Å². The minimum Gasteiger partial charge on any atom is -0.489 e. The quantitative estimate of drug-likeness (QED) is 0.609. The zero-order chi connectivity index (χ0) is 20.1. The Balaban J connectivity index is 1.34. The Labute approximate surface area is 169 Å². The van der Waals surface area contributed by atoms with E-state index in [9.17, 15) is 9.59 Å². The van der Waals surface area contributed by atoms with Crippen LogP contribution in [0.25, 0.3) is 0 Å². The summed E-state index contributed by atoms with van der Waals surface area (Å²) in [5.41, 5.74) is 2.87. The second-order valence-electron chi connectivity index (χ2n) is 7.10. The third kappa shape index (κ3) is 5.23. The van der Waals surface area contributed by atoms with Crippen molar-refractivity contribution >= 4 is 23.2 Å². The topological polar surface area (TPSA) is 67.4 Å². The first-order valence-corrected chi connectivity index (χ1v) is 9.66. The Morgan fingerprint density at radius 3 is 2.21 bits per heavy atom. The predicted molar refractivity (Wildman–Crippen MR) is 113 cm³/mol. The fourth-order valence-electron chi connectivity index (χ4n) is 2.90. The predicted octanol–water partition coefficient (Wildman–Crippen LogP) is 4.87. The SMILES string of the molecule is O=C(Nc1cccc(NC(=O)C2CC2)c1)c1ccc(COc2ccccc2)cc1. The molecule has 4 rings (SSSR count). The lowest BCUT2D eigenvalue weighted by Crippen LogP contribution is -2.14. The van der Waals surface area contributed by atoms with Crippen LogP contribution in [-0.2, 0) is 11.4 Å². The summed E-state index contributed by atoms with van der Waals surface area (Å²) in [7, 11) is 0. The normalized spacial score (nSPS) is 12.8. The second kappa shape index (κ2) is 8.61. The zero-order valence-corrected chi connectivity index (χ0v) is 15.9. The van der Waals surface area contributed by atoms with Crippen LogP contribution in [0.5, 0.6) is 5.75 Å². The maximum Gasteiger partial charge on any atom is 0.255 e. The van der Waals surface area contributed by atoms with Crippen LogP contribution in [0.1, 0.15) is 28.8 Å². The molecule has 0 unspecified atom stereocenters. The molecule has 29 heavy (non-hydrogen) atoms. The molecule has 0 saturated heterocycles. The van der Waals surface area contributed by atoms with Gasteiger partial charge in [0.1, 0.15) is 12.4 Å². The summed E-state index contributed by atoms with van der Waals surface area (Å²) in [6.07, 6.45) is 1.91. The van der Waals surface area contributed by atoms with E-state index in [1.165, 1.54) is 0 Å². The Bertz CT molecular complexity index is 996. The molecule has 2 amide bonds. The number of benzene rings is 3. The van der Waals surface area contributed by atoms with Crippen LogP contribution in [0.3, 0.4) is 0 Å². The van der Waals surface area contributed by atoms with Gasteiger partial charge in [0.25, 0.3) is 5.91 Å². The van der Waals surface area contributed by atoms with Gasteiger partial charge in [-0.25, -0.2) is 0 Å². The zero-order valence-electron chi connectivity index (χ0n) is 15.9. The van der Waals surface area contributed by atoms with Crippen LogP contribution in [0, 0.1) is 5.92 Å². The largest absolute Gasteiger partial charge is 0.489 e. The highest BCUT2D eigenvalue weighted by Gasteiger charge is 2.29. The first kappa shape index (κ1) is 18.7. The molecule has 2 N–H and O–H groups in total. The van der Waals surface area contributed by atoms with Crippen molar-refractivity contribution in [3.8, 4) is 5.75 Å². The van der Waals surface area contributed by atoms with Gasteiger partial charge in [-0.1, -0.05) is 36.4 Å². The number of nitrogens with one attached hydrogen (secondary N) is 2. The highest BCUT2D eigenvalue weighted by Crippen LogP contribution is 2.30.